The summed E-state index contributed by atoms with van der Waals surface area (Å²) in [5.41, 5.74) is 0. The zero-order valence-electron chi connectivity index (χ0n) is 10.8. The molecule has 5 heteroatoms. The van der Waals surface area contributed by atoms with E-state index in [1.54, 1.807) is 17.4 Å². The number of carbonyl (C=O) groups excluding carboxylic acids is 2. The Morgan fingerprint density at radius 1 is 1.50 bits per heavy atom. The maximum Gasteiger partial charge on any atom is 0.325 e. The summed E-state index contributed by atoms with van der Waals surface area (Å²) in [5, 5.41) is 1.94. The van der Waals surface area contributed by atoms with Crippen LogP contribution in [-0.2, 0) is 14.3 Å². The van der Waals surface area contributed by atoms with Gasteiger partial charge in [0.25, 0.3) is 0 Å². The summed E-state index contributed by atoms with van der Waals surface area (Å²) >= 11 is 1.55. The summed E-state index contributed by atoms with van der Waals surface area (Å²) in [5.74, 6) is -0.606. The maximum absolute atomic E-state index is 12.0. The number of carbonyl (C=O) groups is 2. The van der Waals surface area contributed by atoms with Gasteiger partial charge in [0.05, 0.1) is 7.11 Å². The molecule has 0 aliphatic heterocycles. The zero-order chi connectivity index (χ0) is 13.5. The lowest BCUT2D eigenvalue weighted by Crippen LogP contribution is -2.40. The molecule has 0 N–H and O–H groups in total. The summed E-state index contributed by atoms with van der Waals surface area (Å²) in [6.07, 6.45) is 3.23. The van der Waals surface area contributed by atoms with Crippen molar-refractivity contribution in [3.8, 4) is 0 Å². The van der Waals surface area contributed by atoms with Gasteiger partial charge in [0.1, 0.15) is 6.54 Å². The lowest BCUT2D eigenvalue weighted by atomic mass is 10.3. The van der Waals surface area contributed by atoms with Crippen LogP contribution in [0.2, 0.25) is 0 Å². The first-order valence-electron chi connectivity index (χ1n) is 5.63. The third-order valence-electron chi connectivity index (χ3n) is 2.37. The normalized spacial score (nSPS) is 10.9. The number of thiophene rings is 1. The predicted octanol–water partition coefficient (Wildman–Crippen LogP) is 2.17. The number of esters is 1. The second-order valence-electron chi connectivity index (χ2n) is 3.98. The van der Waals surface area contributed by atoms with Crippen LogP contribution >= 0.6 is 11.3 Å². The van der Waals surface area contributed by atoms with Crippen LogP contribution in [0.5, 0.6) is 0 Å². The highest BCUT2D eigenvalue weighted by Gasteiger charge is 2.18. The standard InChI is InChI=1S/C13H17NO3S/c1-10(2)14(9-13(16)17-3)12(15)7-6-11-5-4-8-18-11/h4-8,10H,9H2,1-3H3/b7-6+. The Morgan fingerprint density at radius 2 is 2.22 bits per heavy atom. The molecule has 0 aromatic carbocycles. The fourth-order valence-corrected chi connectivity index (χ4v) is 1.97. The zero-order valence-corrected chi connectivity index (χ0v) is 11.6. The van der Waals surface area contributed by atoms with Gasteiger partial charge in [-0.15, -0.1) is 11.3 Å². The predicted molar refractivity (Wildman–Crippen MR) is 72.2 cm³/mol. The molecular formula is C13H17NO3S. The van der Waals surface area contributed by atoms with Gasteiger partial charge in [0.2, 0.25) is 5.91 Å². The first-order chi connectivity index (χ1) is 8.54. The van der Waals surface area contributed by atoms with Gasteiger partial charge in [0.15, 0.2) is 0 Å². The molecule has 1 aromatic heterocycles. The van der Waals surface area contributed by atoms with Gasteiger partial charge in [-0.3, -0.25) is 9.59 Å². The topological polar surface area (TPSA) is 46.6 Å². The van der Waals surface area contributed by atoms with Gasteiger partial charge in [-0.25, -0.2) is 0 Å². The van der Waals surface area contributed by atoms with Gasteiger partial charge in [-0.05, 0) is 31.4 Å². The van der Waals surface area contributed by atoms with Crippen LogP contribution in [0.1, 0.15) is 18.7 Å². The molecule has 98 valence electrons. The van der Waals surface area contributed by atoms with E-state index in [4.69, 9.17) is 0 Å². The van der Waals surface area contributed by atoms with Gasteiger partial charge in [-0.1, -0.05) is 6.07 Å². The minimum absolute atomic E-state index is 0.0260. The average molecular weight is 267 g/mol. The van der Waals surface area contributed by atoms with E-state index in [-0.39, 0.29) is 18.5 Å². The Labute approximate surface area is 111 Å². The number of ether oxygens (including phenoxy) is 1. The maximum atomic E-state index is 12.0. The van der Waals surface area contributed by atoms with Crippen molar-refractivity contribution in [3.63, 3.8) is 0 Å². The molecule has 0 aliphatic rings. The first kappa shape index (κ1) is 14.4. The van der Waals surface area contributed by atoms with Gasteiger partial charge in [0, 0.05) is 17.0 Å². The van der Waals surface area contributed by atoms with Gasteiger partial charge in [-0.2, -0.15) is 0 Å². The summed E-state index contributed by atoms with van der Waals surface area (Å²) in [7, 11) is 1.31. The molecule has 0 unspecified atom stereocenters. The molecule has 18 heavy (non-hydrogen) atoms. The van der Waals surface area contributed by atoms with Crippen LogP contribution in [0.3, 0.4) is 0 Å². The number of hydrogen-bond acceptors (Lipinski definition) is 4. The van der Waals surface area contributed by atoms with Crippen molar-refractivity contribution in [1.82, 2.24) is 4.90 Å². The highest BCUT2D eigenvalue weighted by atomic mass is 32.1. The van der Waals surface area contributed by atoms with Crippen LogP contribution in [0, 0.1) is 0 Å². The summed E-state index contributed by atoms with van der Waals surface area (Å²) in [6, 6.07) is 3.79. The molecule has 0 radical (unpaired) electrons. The smallest absolute Gasteiger partial charge is 0.325 e. The Balaban J connectivity index is 2.68. The number of hydrogen-bond donors (Lipinski definition) is 0. The Bertz CT molecular complexity index is 423. The van der Waals surface area contributed by atoms with Gasteiger partial charge >= 0.3 is 5.97 Å². The Hall–Kier alpha value is -1.62. The molecular weight excluding hydrogens is 250 g/mol. The fraction of sp³-hybridized carbons (Fsp3) is 0.385. The lowest BCUT2D eigenvalue weighted by Gasteiger charge is -2.23. The molecule has 0 aliphatic carbocycles. The summed E-state index contributed by atoms with van der Waals surface area (Å²) in [6.45, 7) is 3.70. The fourth-order valence-electron chi connectivity index (χ4n) is 1.35. The molecule has 1 aromatic rings. The Morgan fingerprint density at radius 3 is 2.72 bits per heavy atom. The SMILES string of the molecule is COC(=O)CN(C(=O)/C=C/c1cccs1)C(C)C. The minimum Gasteiger partial charge on any atom is -0.468 e. The quantitative estimate of drug-likeness (QED) is 0.607. The van der Waals surface area contributed by atoms with Crippen LogP contribution in [0.4, 0.5) is 0 Å². The van der Waals surface area contributed by atoms with Crippen LogP contribution in [0.25, 0.3) is 6.08 Å². The van der Waals surface area contributed by atoms with E-state index in [0.717, 1.165) is 4.88 Å². The highest BCUT2D eigenvalue weighted by molar-refractivity contribution is 7.10. The largest absolute Gasteiger partial charge is 0.468 e. The van der Waals surface area contributed by atoms with E-state index in [2.05, 4.69) is 4.74 Å². The molecule has 0 fully saturated rings. The van der Waals surface area contributed by atoms with Crippen LogP contribution < -0.4 is 0 Å². The first-order valence-corrected chi connectivity index (χ1v) is 6.51. The van der Waals surface area contributed by atoms with E-state index in [1.807, 2.05) is 31.4 Å². The highest BCUT2D eigenvalue weighted by Crippen LogP contribution is 2.11. The lowest BCUT2D eigenvalue weighted by molar-refractivity contribution is -0.146. The van der Waals surface area contributed by atoms with Crippen molar-refractivity contribution in [2.75, 3.05) is 13.7 Å². The molecule has 4 nitrogen and oxygen atoms in total. The van der Waals surface area contributed by atoms with Crippen LogP contribution in [-0.4, -0.2) is 36.5 Å². The number of amides is 1. The van der Waals surface area contributed by atoms with Crippen molar-refractivity contribution >= 4 is 29.3 Å². The number of rotatable bonds is 5. The molecule has 0 bridgehead atoms. The van der Waals surface area contributed by atoms with E-state index in [0.29, 0.717) is 0 Å². The second kappa shape index (κ2) is 6.96. The van der Waals surface area contributed by atoms with Crippen molar-refractivity contribution in [1.29, 1.82) is 0 Å². The minimum atomic E-state index is -0.415. The van der Waals surface area contributed by atoms with E-state index < -0.39 is 5.97 Å². The second-order valence-corrected chi connectivity index (χ2v) is 4.96. The summed E-state index contributed by atoms with van der Waals surface area (Å²) < 4.78 is 4.58. The number of methoxy groups -OCH3 is 1. The van der Waals surface area contributed by atoms with Crippen molar-refractivity contribution in [2.45, 2.75) is 19.9 Å². The number of nitrogens with zero attached hydrogens (tertiary/aromatic N) is 1. The summed E-state index contributed by atoms with van der Waals surface area (Å²) in [4.78, 5) is 25.7. The van der Waals surface area contributed by atoms with E-state index in [1.165, 1.54) is 18.1 Å². The molecule has 1 heterocycles. The molecule has 0 saturated carbocycles. The third-order valence-corrected chi connectivity index (χ3v) is 3.20. The van der Waals surface area contributed by atoms with Crippen LogP contribution in [0.15, 0.2) is 23.6 Å². The molecule has 1 amide bonds. The van der Waals surface area contributed by atoms with E-state index in [9.17, 15) is 9.59 Å². The molecule has 0 saturated heterocycles. The molecule has 0 atom stereocenters. The Kier molecular flexibility index (Phi) is 5.58. The van der Waals surface area contributed by atoms with Crippen molar-refractivity contribution in [3.05, 3.63) is 28.5 Å². The molecule has 0 spiro atoms. The van der Waals surface area contributed by atoms with E-state index >= 15 is 0 Å². The third kappa shape index (κ3) is 4.33. The van der Waals surface area contributed by atoms with Crippen molar-refractivity contribution in [2.24, 2.45) is 0 Å². The monoisotopic (exact) mass is 267 g/mol. The average Bonchev–Trinajstić information content (AvgIpc) is 2.85. The molecule has 1 rings (SSSR count). The van der Waals surface area contributed by atoms with Gasteiger partial charge < -0.3 is 9.64 Å². The van der Waals surface area contributed by atoms with Crippen molar-refractivity contribution < 1.29 is 14.3 Å².